The zero-order chi connectivity index (χ0) is 10.6. The van der Waals surface area contributed by atoms with Crippen LogP contribution in [0.3, 0.4) is 0 Å². The molecule has 0 spiro atoms. The van der Waals surface area contributed by atoms with Crippen LogP contribution in [0.5, 0.6) is 0 Å². The highest BCUT2D eigenvalue weighted by Crippen LogP contribution is 2.30. The lowest BCUT2D eigenvalue weighted by Crippen LogP contribution is -2.24. The van der Waals surface area contributed by atoms with Crippen molar-refractivity contribution in [1.82, 2.24) is 0 Å². The number of hydrogen-bond donors (Lipinski definition) is 1. The van der Waals surface area contributed by atoms with Crippen LogP contribution in [0, 0.1) is 0 Å². The summed E-state index contributed by atoms with van der Waals surface area (Å²) in [6.45, 7) is 4.02. The van der Waals surface area contributed by atoms with Gasteiger partial charge in [0.15, 0.2) is 0 Å². The van der Waals surface area contributed by atoms with Gasteiger partial charge < -0.3 is 5.11 Å². The van der Waals surface area contributed by atoms with Crippen LogP contribution in [-0.4, -0.2) is 11.1 Å². The topological polar surface area (TPSA) is 37.3 Å². The highest BCUT2D eigenvalue weighted by Gasteiger charge is 2.27. The molecule has 0 radical (unpaired) electrons. The fraction of sp³-hybridized carbons (Fsp3) is 0.417. The van der Waals surface area contributed by atoms with Gasteiger partial charge in [-0.25, -0.2) is 0 Å². The Morgan fingerprint density at radius 3 is 2.36 bits per heavy atom. The Bertz CT molecular complexity index is 305. The Labute approximate surface area is 84.6 Å². The molecule has 2 nitrogen and oxygen atoms in total. The molecule has 1 aromatic carbocycles. The van der Waals surface area contributed by atoms with Crippen molar-refractivity contribution in [2.24, 2.45) is 0 Å². The highest BCUT2D eigenvalue weighted by atomic mass is 16.4. The summed E-state index contributed by atoms with van der Waals surface area (Å²) in [6.07, 6.45) is 1.02. The van der Waals surface area contributed by atoms with Gasteiger partial charge in [-0.05, 0) is 12.0 Å². The molecule has 14 heavy (non-hydrogen) atoms. The molecule has 0 heterocycles. The van der Waals surface area contributed by atoms with Crippen molar-refractivity contribution in [1.29, 1.82) is 0 Å². The number of benzene rings is 1. The summed E-state index contributed by atoms with van der Waals surface area (Å²) >= 11 is 0. The summed E-state index contributed by atoms with van der Waals surface area (Å²) < 4.78 is 0. The first-order valence-electron chi connectivity index (χ1n) is 4.86. The van der Waals surface area contributed by atoms with Crippen LogP contribution in [0.4, 0.5) is 0 Å². The molecule has 1 aromatic rings. The van der Waals surface area contributed by atoms with E-state index >= 15 is 0 Å². The smallest absolute Gasteiger partial charge is 0.304 e. The summed E-state index contributed by atoms with van der Waals surface area (Å²) in [5.74, 6) is -0.738. The van der Waals surface area contributed by atoms with Crippen LogP contribution in [0.25, 0.3) is 0 Å². The second kappa shape index (κ2) is 4.27. The maximum Gasteiger partial charge on any atom is 0.304 e. The first-order valence-corrected chi connectivity index (χ1v) is 4.86. The van der Waals surface area contributed by atoms with Gasteiger partial charge in [0.1, 0.15) is 0 Å². The fourth-order valence-corrected chi connectivity index (χ4v) is 1.61. The minimum Gasteiger partial charge on any atom is -0.481 e. The predicted molar refractivity (Wildman–Crippen MR) is 56.3 cm³/mol. The molecule has 1 N–H and O–H groups in total. The average molecular weight is 192 g/mol. The largest absolute Gasteiger partial charge is 0.481 e. The van der Waals surface area contributed by atoms with Gasteiger partial charge >= 0.3 is 5.97 Å². The molecule has 0 saturated carbocycles. The second-order valence-corrected chi connectivity index (χ2v) is 3.85. The lowest BCUT2D eigenvalue weighted by Gasteiger charge is -2.26. The molecule has 0 fully saturated rings. The van der Waals surface area contributed by atoms with Gasteiger partial charge in [-0.1, -0.05) is 44.2 Å². The van der Waals surface area contributed by atoms with Crippen molar-refractivity contribution in [3.63, 3.8) is 0 Å². The molecule has 2 heteroatoms. The summed E-state index contributed by atoms with van der Waals surface area (Å²) in [4.78, 5) is 10.7. The van der Waals surface area contributed by atoms with Crippen LogP contribution < -0.4 is 0 Å². The lowest BCUT2D eigenvalue weighted by atomic mass is 9.77. The van der Waals surface area contributed by atoms with Crippen molar-refractivity contribution in [2.75, 3.05) is 0 Å². The van der Waals surface area contributed by atoms with Gasteiger partial charge in [0.05, 0.1) is 6.42 Å². The van der Waals surface area contributed by atoms with Crippen molar-refractivity contribution in [2.45, 2.75) is 32.1 Å². The maximum atomic E-state index is 10.7. The number of hydrogen-bond acceptors (Lipinski definition) is 1. The first kappa shape index (κ1) is 10.8. The van der Waals surface area contributed by atoms with Gasteiger partial charge in [0.25, 0.3) is 0 Å². The molecule has 0 aliphatic carbocycles. The van der Waals surface area contributed by atoms with E-state index in [-0.39, 0.29) is 11.8 Å². The van der Waals surface area contributed by atoms with E-state index in [9.17, 15) is 4.79 Å². The molecule has 76 valence electrons. The number of carboxylic acid groups (broad SMARTS) is 1. The Morgan fingerprint density at radius 2 is 1.93 bits per heavy atom. The van der Waals surface area contributed by atoms with Crippen LogP contribution >= 0.6 is 0 Å². The molecule has 0 aromatic heterocycles. The molecule has 0 bridgehead atoms. The number of aliphatic carboxylic acids is 1. The van der Waals surface area contributed by atoms with Gasteiger partial charge in [-0.3, -0.25) is 4.79 Å². The highest BCUT2D eigenvalue weighted by molar-refractivity contribution is 5.69. The molecule has 1 atom stereocenters. The molecule has 1 rings (SSSR count). The number of rotatable bonds is 4. The predicted octanol–water partition coefficient (Wildman–Crippen LogP) is 2.83. The number of carbonyl (C=O) groups is 1. The van der Waals surface area contributed by atoms with E-state index in [1.807, 2.05) is 44.2 Å². The average Bonchev–Trinajstić information content (AvgIpc) is 2.18. The van der Waals surface area contributed by atoms with E-state index in [4.69, 9.17) is 5.11 Å². The summed E-state index contributed by atoms with van der Waals surface area (Å²) in [6, 6.07) is 9.83. The zero-order valence-corrected chi connectivity index (χ0v) is 8.66. The lowest BCUT2D eigenvalue weighted by molar-refractivity contribution is -0.138. The number of carboxylic acids is 1. The van der Waals surface area contributed by atoms with Crippen LogP contribution in [-0.2, 0) is 10.2 Å². The zero-order valence-electron chi connectivity index (χ0n) is 8.66. The molecule has 0 aliphatic heterocycles. The summed E-state index contributed by atoms with van der Waals surface area (Å²) in [5, 5.41) is 8.84. The van der Waals surface area contributed by atoms with Crippen LogP contribution in [0.1, 0.15) is 32.3 Å². The Kier molecular flexibility index (Phi) is 3.28. The van der Waals surface area contributed by atoms with E-state index in [0.717, 1.165) is 12.0 Å². The van der Waals surface area contributed by atoms with Crippen LogP contribution in [0.2, 0.25) is 0 Å². The minimum atomic E-state index is -0.738. The van der Waals surface area contributed by atoms with E-state index in [2.05, 4.69) is 0 Å². The third-order valence-electron chi connectivity index (χ3n) is 2.79. The van der Waals surface area contributed by atoms with Gasteiger partial charge in [0.2, 0.25) is 0 Å². The summed E-state index contributed by atoms with van der Waals surface area (Å²) in [5.41, 5.74) is 0.859. The standard InChI is InChI=1S/C12H16O2/c1-3-12(2,9-11(13)14)10-7-5-4-6-8-10/h4-8H,3,9H2,1-2H3,(H,13,14). The minimum absolute atomic E-state index is 0.188. The maximum absolute atomic E-state index is 10.7. The van der Waals surface area contributed by atoms with Gasteiger partial charge in [-0.2, -0.15) is 0 Å². The second-order valence-electron chi connectivity index (χ2n) is 3.85. The van der Waals surface area contributed by atoms with E-state index in [1.54, 1.807) is 0 Å². The van der Waals surface area contributed by atoms with Crippen molar-refractivity contribution in [3.05, 3.63) is 35.9 Å². The van der Waals surface area contributed by atoms with Crippen molar-refractivity contribution < 1.29 is 9.90 Å². The van der Waals surface area contributed by atoms with E-state index < -0.39 is 5.97 Å². The monoisotopic (exact) mass is 192 g/mol. The fourth-order valence-electron chi connectivity index (χ4n) is 1.61. The Hall–Kier alpha value is -1.31. The molecule has 1 unspecified atom stereocenters. The van der Waals surface area contributed by atoms with Crippen LogP contribution in [0.15, 0.2) is 30.3 Å². The Balaban J connectivity index is 2.95. The normalized spacial score (nSPS) is 14.7. The molecule has 0 saturated heterocycles. The SMILES string of the molecule is CCC(C)(CC(=O)O)c1ccccc1. The van der Waals surface area contributed by atoms with Gasteiger partial charge in [0, 0.05) is 5.41 Å². The van der Waals surface area contributed by atoms with Gasteiger partial charge in [-0.15, -0.1) is 0 Å². The third kappa shape index (κ3) is 2.34. The Morgan fingerprint density at radius 1 is 1.36 bits per heavy atom. The van der Waals surface area contributed by atoms with Crippen molar-refractivity contribution >= 4 is 5.97 Å². The molecule has 0 aliphatic rings. The molecule has 0 amide bonds. The van der Waals surface area contributed by atoms with E-state index in [1.165, 1.54) is 0 Å². The summed E-state index contributed by atoms with van der Waals surface area (Å²) in [7, 11) is 0. The molecular formula is C12H16O2. The quantitative estimate of drug-likeness (QED) is 0.796. The molecular weight excluding hydrogens is 176 g/mol. The van der Waals surface area contributed by atoms with E-state index in [0.29, 0.717) is 0 Å². The third-order valence-corrected chi connectivity index (χ3v) is 2.79. The first-order chi connectivity index (χ1) is 6.58. The van der Waals surface area contributed by atoms with Crippen molar-refractivity contribution in [3.8, 4) is 0 Å².